The Morgan fingerprint density at radius 3 is 2.25 bits per heavy atom. The van der Waals surface area contributed by atoms with Crippen LogP contribution in [0.2, 0.25) is 5.15 Å². The fourth-order valence-corrected chi connectivity index (χ4v) is 1.64. The molecular formula is C12H20ClN3. The van der Waals surface area contributed by atoms with Gasteiger partial charge in [-0.3, -0.25) is 0 Å². The van der Waals surface area contributed by atoms with E-state index in [-0.39, 0.29) is 5.54 Å². The number of hydrogen-bond donors (Lipinski definition) is 1. The first-order chi connectivity index (χ1) is 7.41. The number of halogens is 1. The third kappa shape index (κ3) is 2.85. The number of hydrogen-bond acceptors (Lipinski definition) is 3. The lowest BCUT2D eigenvalue weighted by molar-refractivity contribution is 0.476. The molecule has 0 aliphatic carbocycles. The summed E-state index contributed by atoms with van der Waals surface area (Å²) in [6.45, 7) is 10.3. The summed E-state index contributed by atoms with van der Waals surface area (Å²) in [4.78, 5) is 8.54. The van der Waals surface area contributed by atoms with Crippen LogP contribution in [-0.4, -0.2) is 15.5 Å². The second-order valence-corrected chi connectivity index (χ2v) is 4.79. The van der Waals surface area contributed by atoms with Crippen molar-refractivity contribution in [2.45, 2.75) is 53.0 Å². The smallest absolute Gasteiger partial charge is 0.137 e. The van der Waals surface area contributed by atoms with Crippen molar-refractivity contribution in [3.8, 4) is 0 Å². The molecule has 1 rings (SSSR count). The van der Waals surface area contributed by atoms with Crippen LogP contribution in [0.5, 0.6) is 0 Å². The van der Waals surface area contributed by atoms with Crippen molar-refractivity contribution in [2.24, 2.45) is 0 Å². The van der Waals surface area contributed by atoms with Gasteiger partial charge in [0, 0.05) is 11.1 Å². The topological polar surface area (TPSA) is 37.8 Å². The van der Waals surface area contributed by atoms with Crippen molar-refractivity contribution in [1.29, 1.82) is 0 Å². The van der Waals surface area contributed by atoms with Gasteiger partial charge >= 0.3 is 0 Å². The van der Waals surface area contributed by atoms with Crippen LogP contribution in [0, 0.1) is 13.8 Å². The van der Waals surface area contributed by atoms with Gasteiger partial charge in [-0.25, -0.2) is 9.97 Å². The molecule has 90 valence electrons. The highest BCUT2D eigenvalue weighted by atomic mass is 35.5. The van der Waals surface area contributed by atoms with Crippen LogP contribution < -0.4 is 5.32 Å². The number of anilines is 1. The molecule has 0 aromatic carbocycles. The van der Waals surface area contributed by atoms with Gasteiger partial charge in [-0.15, -0.1) is 0 Å². The first kappa shape index (κ1) is 13.2. The Bertz CT molecular complexity index is 373. The third-order valence-electron chi connectivity index (χ3n) is 3.18. The Hall–Kier alpha value is -0.830. The zero-order chi connectivity index (χ0) is 12.3. The van der Waals surface area contributed by atoms with Gasteiger partial charge in [-0.05, 0) is 33.6 Å². The molecule has 0 saturated carbocycles. The minimum atomic E-state index is 0.0644. The predicted octanol–water partition coefficient (Wildman–Crippen LogP) is 3.74. The van der Waals surface area contributed by atoms with Gasteiger partial charge in [0.15, 0.2) is 0 Å². The third-order valence-corrected chi connectivity index (χ3v) is 3.55. The Balaban J connectivity index is 3.05. The largest absolute Gasteiger partial charge is 0.365 e. The lowest BCUT2D eigenvalue weighted by Crippen LogP contribution is -2.33. The van der Waals surface area contributed by atoms with E-state index in [1.165, 1.54) is 0 Å². The van der Waals surface area contributed by atoms with Crippen molar-refractivity contribution in [1.82, 2.24) is 9.97 Å². The molecule has 0 amide bonds. The molecule has 0 saturated heterocycles. The van der Waals surface area contributed by atoms with E-state index in [9.17, 15) is 0 Å². The SMILES string of the molecule is CCC(C)(CC)Nc1nc(C)nc(Cl)c1C. The Kier molecular flexibility index (Phi) is 4.14. The molecule has 0 atom stereocenters. The van der Waals surface area contributed by atoms with Crippen molar-refractivity contribution in [3.05, 3.63) is 16.5 Å². The van der Waals surface area contributed by atoms with Crippen LogP contribution in [0.1, 0.15) is 45.0 Å². The highest BCUT2D eigenvalue weighted by Crippen LogP contribution is 2.25. The van der Waals surface area contributed by atoms with E-state index in [0.29, 0.717) is 11.0 Å². The van der Waals surface area contributed by atoms with E-state index in [0.717, 1.165) is 24.2 Å². The Labute approximate surface area is 103 Å². The summed E-state index contributed by atoms with van der Waals surface area (Å²) in [7, 11) is 0. The maximum absolute atomic E-state index is 6.04. The summed E-state index contributed by atoms with van der Waals surface area (Å²) in [5, 5.41) is 4.00. The molecule has 4 heteroatoms. The first-order valence-electron chi connectivity index (χ1n) is 5.70. The van der Waals surface area contributed by atoms with Crippen molar-refractivity contribution < 1.29 is 0 Å². The van der Waals surface area contributed by atoms with Gasteiger partial charge < -0.3 is 5.32 Å². The van der Waals surface area contributed by atoms with Gasteiger partial charge in [0.2, 0.25) is 0 Å². The van der Waals surface area contributed by atoms with Gasteiger partial charge in [-0.2, -0.15) is 0 Å². The molecule has 16 heavy (non-hydrogen) atoms. The highest BCUT2D eigenvalue weighted by Gasteiger charge is 2.21. The standard InChI is InChI=1S/C12H20ClN3/c1-6-12(5,7-2)16-11-8(3)10(13)14-9(4)15-11/h6-7H2,1-5H3,(H,14,15,16). The van der Waals surface area contributed by atoms with Gasteiger partial charge in [0.1, 0.15) is 16.8 Å². The zero-order valence-electron chi connectivity index (χ0n) is 10.7. The molecule has 3 nitrogen and oxygen atoms in total. The average molecular weight is 242 g/mol. The molecule has 0 aliphatic heterocycles. The molecule has 0 aliphatic rings. The summed E-state index contributed by atoms with van der Waals surface area (Å²) in [5.74, 6) is 1.55. The van der Waals surface area contributed by atoms with Crippen LogP contribution >= 0.6 is 11.6 Å². The monoisotopic (exact) mass is 241 g/mol. The first-order valence-corrected chi connectivity index (χ1v) is 6.08. The number of nitrogens with one attached hydrogen (secondary N) is 1. The Morgan fingerprint density at radius 2 is 1.75 bits per heavy atom. The van der Waals surface area contributed by atoms with Crippen molar-refractivity contribution in [3.63, 3.8) is 0 Å². The maximum Gasteiger partial charge on any atom is 0.137 e. The molecule has 1 aromatic heterocycles. The van der Waals surface area contributed by atoms with Crippen LogP contribution in [0.4, 0.5) is 5.82 Å². The van der Waals surface area contributed by atoms with Crippen LogP contribution in [0.3, 0.4) is 0 Å². The molecule has 0 unspecified atom stereocenters. The van der Waals surface area contributed by atoms with Crippen LogP contribution in [0.15, 0.2) is 0 Å². The van der Waals surface area contributed by atoms with E-state index < -0.39 is 0 Å². The molecular weight excluding hydrogens is 222 g/mol. The average Bonchev–Trinajstić information content (AvgIpc) is 2.25. The van der Waals surface area contributed by atoms with Crippen LogP contribution in [-0.2, 0) is 0 Å². The highest BCUT2D eigenvalue weighted by molar-refractivity contribution is 6.30. The summed E-state index contributed by atoms with van der Waals surface area (Å²) in [6.07, 6.45) is 2.09. The molecule has 1 aromatic rings. The Morgan fingerprint density at radius 1 is 1.19 bits per heavy atom. The van der Waals surface area contributed by atoms with E-state index in [2.05, 4.69) is 36.1 Å². The molecule has 1 N–H and O–H groups in total. The van der Waals surface area contributed by atoms with Gasteiger partial charge in [0.25, 0.3) is 0 Å². The lowest BCUT2D eigenvalue weighted by Gasteiger charge is -2.29. The molecule has 0 bridgehead atoms. The molecule has 1 heterocycles. The predicted molar refractivity (Wildman–Crippen MR) is 69.1 cm³/mol. The quantitative estimate of drug-likeness (QED) is 0.817. The second kappa shape index (κ2) is 5.00. The molecule has 0 spiro atoms. The number of aryl methyl sites for hydroxylation is 1. The zero-order valence-corrected chi connectivity index (χ0v) is 11.4. The number of aromatic nitrogens is 2. The summed E-state index contributed by atoms with van der Waals surface area (Å²) in [6, 6.07) is 0. The fraction of sp³-hybridized carbons (Fsp3) is 0.667. The van der Waals surface area contributed by atoms with Crippen LogP contribution in [0.25, 0.3) is 0 Å². The van der Waals surface area contributed by atoms with E-state index in [1.807, 2.05) is 13.8 Å². The van der Waals surface area contributed by atoms with Crippen molar-refractivity contribution >= 4 is 17.4 Å². The summed E-state index contributed by atoms with van der Waals surface area (Å²) in [5.41, 5.74) is 0.981. The number of nitrogens with zero attached hydrogens (tertiary/aromatic N) is 2. The second-order valence-electron chi connectivity index (χ2n) is 4.43. The molecule has 0 fully saturated rings. The van der Waals surface area contributed by atoms with Crippen molar-refractivity contribution in [2.75, 3.05) is 5.32 Å². The minimum Gasteiger partial charge on any atom is -0.365 e. The molecule has 0 radical (unpaired) electrons. The minimum absolute atomic E-state index is 0.0644. The normalized spacial score (nSPS) is 11.6. The lowest BCUT2D eigenvalue weighted by atomic mass is 9.95. The van der Waals surface area contributed by atoms with Gasteiger partial charge in [0.05, 0.1) is 0 Å². The maximum atomic E-state index is 6.04. The summed E-state index contributed by atoms with van der Waals surface area (Å²) < 4.78 is 0. The fourth-order valence-electron chi connectivity index (χ4n) is 1.43. The van der Waals surface area contributed by atoms with E-state index >= 15 is 0 Å². The van der Waals surface area contributed by atoms with Gasteiger partial charge in [-0.1, -0.05) is 25.4 Å². The van der Waals surface area contributed by atoms with E-state index in [1.54, 1.807) is 0 Å². The summed E-state index contributed by atoms with van der Waals surface area (Å²) >= 11 is 6.04. The van der Waals surface area contributed by atoms with E-state index in [4.69, 9.17) is 11.6 Å². The number of rotatable bonds is 4.